The molecule has 4 heteroatoms. The molecule has 4 nitrogen and oxygen atoms in total. The van der Waals surface area contributed by atoms with E-state index in [4.69, 9.17) is 9.47 Å². The van der Waals surface area contributed by atoms with Gasteiger partial charge in [0.1, 0.15) is 17.2 Å². The van der Waals surface area contributed by atoms with E-state index in [0.717, 1.165) is 11.3 Å². The van der Waals surface area contributed by atoms with Gasteiger partial charge in [-0.15, -0.1) is 0 Å². The van der Waals surface area contributed by atoms with E-state index in [0.29, 0.717) is 17.1 Å². The maximum absolute atomic E-state index is 11.2. The predicted octanol–water partition coefficient (Wildman–Crippen LogP) is 4.73. The first-order chi connectivity index (χ1) is 11.7. The Morgan fingerprint density at radius 3 is 1.88 bits per heavy atom. The van der Waals surface area contributed by atoms with Crippen molar-refractivity contribution in [3.8, 4) is 28.4 Å². The molecule has 0 saturated heterocycles. The van der Waals surface area contributed by atoms with Gasteiger partial charge in [0.25, 0.3) is 0 Å². The number of ether oxygens (including phenoxy) is 2. The lowest BCUT2D eigenvalue weighted by molar-refractivity contribution is 0.0574. The standard InChI is InChI=1S/C20H15O4/c1-23-15-10-12-17(13-11-15)24-16-8-6-14(7-9-16)18-4-2-3-5-19(18)20(21)22/h2-13H,1H3. The fourth-order valence-electron chi connectivity index (χ4n) is 2.40. The fourth-order valence-corrected chi connectivity index (χ4v) is 2.40. The molecule has 0 aliphatic heterocycles. The van der Waals surface area contributed by atoms with Crippen molar-refractivity contribution in [3.05, 3.63) is 78.4 Å². The lowest BCUT2D eigenvalue weighted by Gasteiger charge is -2.09. The smallest absolute Gasteiger partial charge is 0.386 e. The molecular formula is C20H15O4. The predicted molar refractivity (Wildman–Crippen MR) is 90.0 cm³/mol. The Morgan fingerprint density at radius 2 is 1.29 bits per heavy atom. The SMILES string of the molecule is COc1ccc(Oc2ccc(-c3ccccc3C([O])=O)cc2)cc1. The Kier molecular flexibility index (Phi) is 4.47. The lowest BCUT2D eigenvalue weighted by atomic mass is 10.00. The molecule has 0 aliphatic rings. The highest BCUT2D eigenvalue weighted by atomic mass is 16.5. The zero-order valence-corrected chi connectivity index (χ0v) is 13.1. The third-order valence-electron chi connectivity index (χ3n) is 3.61. The molecule has 3 aromatic carbocycles. The summed E-state index contributed by atoms with van der Waals surface area (Å²) in [6.45, 7) is 0. The summed E-state index contributed by atoms with van der Waals surface area (Å²) in [5.41, 5.74) is 1.58. The van der Waals surface area contributed by atoms with E-state index >= 15 is 0 Å². The van der Waals surface area contributed by atoms with Gasteiger partial charge < -0.3 is 9.47 Å². The number of methoxy groups -OCH3 is 1. The summed E-state index contributed by atoms with van der Waals surface area (Å²) in [6.07, 6.45) is 0. The van der Waals surface area contributed by atoms with Gasteiger partial charge in [-0.2, -0.15) is 0 Å². The van der Waals surface area contributed by atoms with Gasteiger partial charge in [-0.1, -0.05) is 30.3 Å². The number of carbonyl (C=O) groups excluding carboxylic acids is 1. The third-order valence-corrected chi connectivity index (χ3v) is 3.61. The maximum Gasteiger partial charge on any atom is 0.386 e. The second-order valence-corrected chi connectivity index (χ2v) is 5.14. The van der Waals surface area contributed by atoms with E-state index in [9.17, 15) is 9.90 Å². The second-order valence-electron chi connectivity index (χ2n) is 5.14. The molecule has 0 spiro atoms. The van der Waals surface area contributed by atoms with Crippen LogP contribution in [-0.4, -0.2) is 13.1 Å². The summed E-state index contributed by atoms with van der Waals surface area (Å²) in [4.78, 5) is 11.2. The van der Waals surface area contributed by atoms with Crippen molar-refractivity contribution in [3.63, 3.8) is 0 Å². The van der Waals surface area contributed by atoms with E-state index < -0.39 is 5.97 Å². The van der Waals surface area contributed by atoms with Gasteiger partial charge in [-0.3, -0.25) is 0 Å². The Morgan fingerprint density at radius 1 is 0.750 bits per heavy atom. The third kappa shape index (κ3) is 3.38. The number of hydrogen-bond donors (Lipinski definition) is 0. The fraction of sp³-hybridized carbons (Fsp3) is 0.0500. The zero-order valence-electron chi connectivity index (χ0n) is 13.1. The van der Waals surface area contributed by atoms with E-state index in [-0.39, 0.29) is 5.56 Å². The van der Waals surface area contributed by atoms with Crippen molar-refractivity contribution in [1.29, 1.82) is 0 Å². The Hall–Kier alpha value is -3.27. The minimum absolute atomic E-state index is 0.168. The van der Waals surface area contributed by atoms with Crippen LogP contribution in [0.2, 0.25) is 0 Å². The molecular weight excluding hydrogens is 304 g/mol. The van der Waals surface area contributed by atoms with Gasteiger partial charge in [-0.25, -0.2) is 9.90 Å². The van der Waals surface area contributed by atoms with Gasteiger partial charge >= 0.3 is 5.97 Å². The first-order valence-corrected chi connectivity index (χ1v) is 7.40. The molecule has 3 rings (SSSR count). The maximum atomic E-state index is 11.2. The minimum atomic E-state index is -1.19. The number of carbonyl (C=O) groups is 1. The summed E-state index contributed by atoms with van der Waals surface area (Å²) in [5, 5.41) is 11.2. The van der Waals surface area contributed by atoms with Gasteiger partial charge in [0.15, 0.2) is 0 Å². The molecule has 0 unspecified atom stereocenters. The first-order valence-electron chi connectivity index (χ1n) is 7.40. The molecule has 0 amide bonds. The monoisotopic (exact) mass is 319 g/mol. The van der Waals surface area contributed by atoms with E-state index in [1.54, 1.807) is 37.4 Å². The molecule has 0 bridgehead atoms. The molecule has 0 N–H and O–H groups in total. The summed E-state index contributed by atoms with van der Waals surface area (Å²) < 4.78 is 10.9. The van der Waals surface area contributed by atoms with Crippen molar-refractivity contribution in [2.24, 2.45) is 0 Å². The largest absolute Gasteiger partial charge is 0.497 e. The quantitative estimate of drug-likeness (QED) is 0.683. The van der Waals surface area contributed by atoms with Crippen LogP contribution < -0.4 is 9.47 Å². The van der Waals surface area contributed by atoms with Gasteiger partial charge in [0.05, 0.1) is 12.7 Å². The summed E-state index contributed by atoms with van der Waals surface area (Å²) in [7, 11) is 1.61. The molecule has 0 heterocycles. The molecule has 24 heavy (non-hydrogen) atoms. The highest BCUT2D eigenvalue weighted by molar-refractivity contribution is 5.95. The summed E-state index contributed by atoms with van der Waals surface area (Å²) in [6, 6.07) is 21.3. The molecule has 0 aromatic heterocycles. The number of hydrogen-bond acceptors (Lipinski definition) is 3. The van der Waals surface area contributed by atoms with Crippen molar-refractivity contribution < 1.29 is 19.4 Å². The Bertz CT molecular complexity index is 836. The van der Waals surface area contributed by atoms with Crippen LogP contribution >= 0.6 is 0 Å². The van der Waals surface area contributed by atoms with Crippen LogP contribution in [0.4, 0.5) is 0 Å². The van der Waals surface area contributed by atoms with Crippen LogP contribution in [0.3, 0.4) is 0 Å². The summed E-state index contributed by atoms with van der Waals surface area (Å²) >= 11 is 0. The van der Waals surface area contributed by atoms with Crippen LogP contribution in [0.1, 0.15) is 10.4 Å². The zero-order chi connectivity index (χ0) is 16.9. The van der Waals surface area contributed by atoms with Crippen molar-refractivity contribution in [1.82, 2.24) is 0 Å². The molecule has 0 fully saturated rings. The molecule has 1 radical (unpaired) electrons. The van der Waals surface area contributed by atoms with Crippen LogP contribution in [-0.2, 0) is 5.11 Å². The van der Waals surface area contributed by atoms with E-state index in [2.05, 4.69) is 0 Å². The molecule has 0 atom stereocenters. The molecule has 119 valence electrons. The van der Waals surface area contributed by atoms with Crippen molar-refractivity contribution in [2.75, 3.05) is 7.11 Å². The highest BCUT2D eigenvalue weighted by Crippen LogP contribution is 2.28. The van der Waals surface area contributed by atoms with Crippen molar-refractivity contribution >= 4 is 5.97 Å². The minimum Gasteiger partial charge on any atom is -0.497 e. The van der Waals surface area contributed by atoms with Crippen LogP contribution in [0.25, 0.3) is 11.1 Å². The normalized spacial score (nSPS) is 10.2. The van der Waals surface area contributed by atoms with Gasteiger partial charge in [-0.05, 0) is 53.6 Å². The number of rotatable bonds is 5. The Labute approximate surface area is 139 Å². The van der Waals surface area contributed by atoms with Crippen LogP contribution in [0, 0.1) is 0 Å². The van der Waals surface area contributed by atoms with Crippen LogP contribution in [0.5, 0.6) is 17.2 Å². The van der Waals surface area contributed by atoms with Crippen LogP contribution in [0.15, 0.2) is 72.8 Å². The molecule has 0 aliphatic carbocycles. The Balaban J connectivity index is 1.82. The first kappa shape index (κ1) is 15.6. The molecule has 3 aromatic rings. The topological polar surface area (TPSA) is 55.4 Å². The van der Waals surface area contributed by atoms with Crippen molar-refractivity contribution in [2.45, 2.75) is 0 Å². The molecule has 0 saturated carbocycles. The summed E-state index contributed by atoms with van der Waals surface area (Å²) in [5.74, 6) is 0.925. The average molecular weight is 319 g/mol. The van der Waals surface area contributed by atoms with Gasteiger partial charge in [0, 0.05) is 0 Å². The second kappa shape index (κ2) is 6.87. The van der Waals surface area contributed by atoms with Gasteiger partial charge in [0.2, 0.25) is 0 Å². The average Bonchev–Trinajstić information content (AvgIpc) is 2.63. The van der Waals surface area contributed by atoms with E-state index in [1.165, 1.54) is 6.07 Å². The number of benzene rings is 3. The highest BCUT2D eigenvalue weighted by Gasteiger charge is 2.12. The lowest BCUT2D eigenvalue weighted by Crippen LogP contribution is -1.97. The van der Waals surface area contributed by atoms with E-state index in [1.807, 2.05) is 36.4 Å².